The van der Waals surface area contributed by atoms with Gasteiger partial charge in [-0.25, -0.2) is 9.98 Å². The molecule has 0 radical (unpaired) electrons. The highest BCUT2D eigenvalue weighted by Gasteiger charge is 2.14. The summed E-state index contributed by atoms with van der Waals surface area (Å²) in [5, 5.41) is 13.1. The zero-order valence-electron chi connectivity index (χ0n) is 14.5. The summed E-state index contributed by atoms with van der Waals surface area (Å²) in [7, 11) is 0. The van der Waals surface area contributed by atoms with Crippen LogP contribution in [0.1, 0.15) is 10.4 Å². The molecule has 6 nitrogen and oxygen atoms in total. The average Bonchev–Trinajstić information content (AvgIpc) is 2.70. The van der Waals surface area contributed by atoms with Gasteiger partial charge in [0.25, 0.3) is 5.91 Å². The third-order valence-electron chi connectivity index (χ3n) is 3.94. The Kier molecular flexibility index (Phi) is 4.90. The molecule has 0 unspecified atom stereocenters. The van der Waals surface area contributed by atoms with Crippen LogP contribution < -0.4 is 10.9 Å². The number of anilines is 1. The number of hydrogen-bond acceptors (Lipinski definition) is 5. The van der Waals surface area contributed by atoms with Gasteiger partial charge in [-0.2, -0.15) is 0 Å². The van der Waals surface area contributed by atoms with Crippen molar-refractivity contribution < 1.29 is 14.3 Å². The van der Waals surface area contributed by atoms with E-state index in [9.17, 15) is 9.90 Å². The fourth-order valence-corrected chi connectivity index (χ4v) is 2.87. The van der Waals surface area contributed by atoms with Crippen LogP contribution in [0, 0.1) is 0 Å². The normalized spacial score (nSPS) is 11.5. The second-order valence-electron chi connectivity index (χ2n) is 5.94. The third kappa shape index (κ3) is 3.94. The number of fused-ring (bicyclic) bond motifs is 1. The summed E-state index contributed by atoms with van der Waals surface area (Å²) < 4.78 is 6.76. The number of phenols is 1. The number of nitrogens with one attached hydrogen (secondary N) is 1. The van der Waals surface area contributed by atoms with Crippen LogP contribution in [-0.2, 0) is 0 Å². The predicted octanol–water partition coefficient (Wildman–Crippen LogP) is 4.78. The van der Waals surface area contributed by atoms with Crippen molar-refractivity contribution in [3.8, 4) is 5.75 Å². The second-order valence-corrected chi connectivity index (χ2v) is 6.86. The number of carbonyl (C=O) groups excluding carboxylic acids is 1. The lowest BCUT2D eigenvalue weighted by Gasteiger charge is -2.06. The summed E-state index contributed by atoms with van der Waals surface area (Å²) >= 11 is 3.38. The molecule has 0 spiro atoms. The largest absolute Gasteiger partial charge is 0.508 e. The van der Waals surface area contributed by atoms with Gasteiger partial charge >= 0.3 is 0 Å². The van der Waals surface area contributed by atoms with Crippen LogP contribution in [0.25, 0.3) is 11.0 Å². The van der Waals surface area contributed by atoms with Gasteiger partial charge in [-0.15, -0.1) is 0 Å². The van der Waals surface area contributed by atoms with Gasteiger partial charge in [0, 0.05) is 22.1 Å². The molecule has 0 bridgehead atoms. The number of hydrogen-bond donors (Lipinski definition) is 2. The number of aromatic nitrogens is 1. The molecule has 4 aromatic rings. The first-order valence-electron chi connectivity index (χ1n) is 8.38. The van der Waals surface area contributed by atoms with E-state index in [2.05, 4.69) is 31.2 Å². The first kappa shape index (κ1) is 17.9. The molecule has 28 heavy (non-hydrogen) atoms. The van der Waals surface area contributed by atoms with Crippen LogP contribution in [0.15, 0.2) is 86.8 Å². The topological polar surface area (TPSA) is 87.7 Å². The summed E-state index contributed by atoms with van der Waals surface area (Å²) in [5.74, 6) is 0.0951. The maximum Gasteiger partial charge on any atom is 0.262 e. The van der Waals surface area contributed by atoms with Crippen molar-refractivity contribution in [2.24, 2.45) is 4.99 Å². The van der Waals surface area contributed by atoms with Crippen molar-refractivity contribution in [3.05, 3.63) is 88.5 Å². The Bertz CT molecular complexity index is 1220. The summed E-state index contributed by atoms with van der Waals surface area (Å²) in [6.07, 6.45) is 1.59. The maximum atomic E-state index is 12.9. The minimum atomic E-state index is -0.395. The summed E-state index contributed by atoms with van der Waals surface area (Å²) in [5.41, 5.74) is 1.43. The molecule has 0 saturated carbocycles. The highest BCUT2D eigenvalue weighted by molar-refractivity contribution is 9.10. The fraction of sp³-hybridized carbons (Fsp3) is 0. The van der Waals surface area contributed by atoms with E-state index in [1.165, 1.54) is 12.1 Å². The number of pyridine rings is 1. The molecule has 0 saturated heterocycles. The zero-order valence-corrected chi connectivity index (χ0v) is 16.1. The van der Waals surface area contributed by atoms with Gasteiger partial charge in [0.1, 0.15) is 22.7 Å². The lowest BCUT2D eigenvalue weighted by molar-refractivity contribution is 0.102. The van der Waals surface area contributed by atoms with Crippen molar-refractivity contribution in [1.29, 1.82) is 0 Å². The molecule has 138 valence electrons. The second kappa shape index (κ2) is 7.66. The SMILES string of the molecule is O=C(Nc1ccccn1)c1cc2ccc(O)cc2oc1=Nc1ccc(Br)cc1. The Hall–Kier alpha value is -3.45. The number of halogens is 1. The first-order valence-corrected chi connectivity index (χ1v) is 9.17. The molecule has 2 N–H and O–H groups in total. The lowest BCUT2D eigenvalue weighted by Crippen LogP contribution is -2.22. The predicted molar refractivity (Wildman–Crippen MR) is 109 cm³/mol. The molecule has 0 atom stereocenters. The van der Waals surface area contributed by atoms with Crippen LogP contribution in [0.5, 0.6) is 5.75 Å². The van der Waals surface area contributed by atoms with Crippen molar-refractivity contribution in [2.75, 3.05) is 5.32 Å². The van der Waals surface area contributed by atoms with Crippen molar-refractivity contribution in [1.82, 2.24) is 4.98 Å². The highest BCUT2D eigenvalue weighted by Crippen LogP contribution is 2.21. The minimum absolute atomic E-state index is 0.0662. The number of carbonyl (C=O) groups is 1. The van der Waals surface area contributed by atoms with Crippen LogP contribution in [0.2, 0.25) is 0 Å². The fourth-order valence-electron chi connectivity index (χ4n) is 2.61. The van der Waals surface area contributed by atoms with Gasteiger partial charge in [-0.1, -0.05) is 22.0 Å². The number of rotatable bonds is 3. The molecule has 4 rings (SSSR count). The first-order chi connectivity index (χ1) is 13.6. The quantitative estimate of drug-likeness (QED) is 0.484. The van der Waals surface area contributed by atoms with Gasteiger partial charge in [0.15, 0.2) is 0 Å². The van der Waals surface area contributed by atoms with Gasteiger partial charge in [0.2, 0.25) is 5.55 Å². The van der Waals surface area contributed by atoms with Crippen LogP contribution >= 0.6 is 15.9 Å². The zero-order chi connectivity index (χ0) is 19.5. The van der Waals surface area contributed by atoms with E-state index in [4.69, 9.17) is 4.42 Å². The Balaban J connectivity index is 1.86. The van der Waals surface area contributed by atoms with Gasteiger partial charge < -0.3 is 14.8 Å². The summed E-state index contributed by atoms with van der Waals surface area (Å²) in [6.45, 7) is 0. The van der Waals surface area contributed by atoms with E-state index in [0.29, 0.717) is 22.5 Å². The molecule has 2 heterocycles. The highest BCUT2D eigenvalue weighted by atomic mass is 79.9. The number of benzene rings is 2. The van der Waals surface area contributed by atoms with Crippen LogP contribution in [0.3, 0.4) is 0 Å². The van der Waals surface area contributed by atoms with E-state index >= 15 is 0 Å². The molecule has 0 fully saturated rings. The molecule has 7 heteroatoms. The Morgan fingerprint density at radius 2 is 1.89 bits per heavy atom. The number of amides is 1. The van der Waals surface area contributed by atoms with Gasteiger partial charge in [0.05, 0.1) is 5.69 Å². The van der Waals surface area contributed by atoms with E-state index < -0.39 is 5.91 Å². The standard InChI is InChI=1S/C21H14BrN3O3/c22-14-5-7-15(8-6-14)24-21-17(20(27)25-19-3-1-2-10-23-19)11-13-4-9-16(26)12-18(13)28-21/h1-12,26H,(H,23,25,27). The summed E-state index contributed by atoms with van der Waals surface area (Å²) in [4.78, 5) is 21.4. The van der Waals surface area contributed by atoms with E-state index in [1.54, 1.807) is 48.7 Å². The lowest BCUT2D eigenvalue weighted by atomic mass is 10.1. The number of aromatic hydroxyl groups is 1. The summed E-state index contributed by atoms with van der Waals surface area (Å²) in [6, 6.07) is 18.9. The monoisotopic (exact) mass is 435 g/mol. The number of nitrogens with zero attached hydrogens (tertiary/aromatic N) is 2. The van der Waals surface area contributed by atoms with Gasteiger partial charge in [-0.3, -0.25) is 4.79 Å². The molecular weight excluding hydrogens is 422 g/mol. The van der Waals surface area contributed by atoms with Crippen molar-refractivity contribution in [2.45, 2.75) is 0 Å². The molecule has 2 aromatic heterocycles. The van der Waals surface area contributed by atoms with Crippen molar-refractivity contribution in [3.63, 3.8) is 0 Å². The smallest absolute Gasteiger partial charge is 0.262 e. The van der Waals surface area contributed by atoms with Crippen LogP contribution in [0.4, 0.5) is 11.5 Å². The molecular formula is C21H14BrN3O3. The van der Waals surface area contributed by atoms with E-state index in [-0.39, 0.29) is 16.9 Å². The van der Waals surface area contributed by atoms with Gasteiger partial charge in [-0.05, 0) is 54.6 Å². The van der Waals surface area contributed by atoms with E-state index in [1.807, 2.05) is 12.1 Å². The molecule has 0 aliphatic carbocycles. The van der Waals surface area contributed by atoms with E-state index in [0.717, 1.165) is 4.47 Å². The Morgan fingerprint density at radius 3 is 2.64 bits per heavy atom. The Morgan fingerprint density at radius 1 is 1.07 bits per heavy atom. The van der Waals surface area contributed by atoms with Crippen molar-refractivity contribution >= 4 is 44.3 Å². The average molecular weight is 436 g/mol. The number of phenolic OH excluding ortho intramolecular Hbond substituents is 1. The molecule has 1 amide bonds. The Labute approximate surface area is 168 Å². The van der Waals surface area contributed by atoms with Crippen LogP contribution in [-0.4, -0.2) is 16.0 Å². The molecule has 2 aromatic carbocycles. The molecule has 0 aliphatic rings. The third-order valence-corrected chi connectivity index (χ3v) is 4.47. The molecule has 0 aliphatic heterocycles. The minimum Gasteiger partial charge on any atom is -0.508 e. The maximum absolute atomic E-state index is 12.9.